The van der Waals surface area contributed by atoms with E-state index in [2.05, 4.69) is 27.3 Å². The molecule has 0 saturated heterocycles. The van der Waals surface area contributed by atoms with Gasteiger partial charge in [-0.2, -0.15) is 0 Å². The SMILES string of the molecule is NC(=O)c1ccc(NCc2cc(Br)cs2)cc1Cl. The van der Waals surface area contributed by atoms with Crippen molar-refractivity contribution in [3.8, 4) is 0 Å². The molecule has 0 radical (unpaired) electrons. The van der Waals surface area contributed by atoms with E-state index in [4.69, 9.17) is 17.3 Å². The van der Waals surface area contributed by atoms with Crippen LogP contribution in [0.5, 0.6) is 0 Å². The van der Waals surface area contributed by atoms with Gasteiger partial charge >= 0.3 is 0 Å². The van der Waals surface area contributed by atoms with Gasteiger partial charge in [0.1, 0.15) is 0 Å². The fraction of sp³-hybridized carbons (Fsp3) is 0.0833. The summed E-state index contributed by atoms with van der Waals surface area (Å²) in [6, 6.07) is 7.16. The second-order valence-electron chi connectivity index (χ2n) is 3.64. The highest BCUT2D eigenvalue weighted by atomic mass is 79.9. The molecular weight excluding hydrogens is 336 g/mol. The summed E-state index contributed by atoms with van der Waals surface area (Å²) in [5.74, 6) is -0.520. The summed E-state index contributed by atoms with van der Waals surface area (Å²) in [5.41, 5.74) is 6.38. The molecule has 2 rings (SSSR count). The van der Waals surface area contributed by atoms with E-state index < -0.39 is 5.91 Å². The highest BCUT2D eigenvalue weighted by Gasteiger charge is 2.07. The summed E-state index contributed by atoms with van der Waals surface area (Å²) >= 11 is 11.0. The van der Waals surface area contributed by atoms with Crippen LogP contribution in [0, 0.1) is 0 Å². The summed E-state index contributed by atoms with van der Waals surface area (Å²) in [4.78, 5) is 12.2. The molecule has 18 heavy (non-hydrogen) atoms. The zero-order valence-electron chi connectivity index (χ0n) is 9.24. The Bertz CT molecular complexity index is 585. The Kier molecular flexibility index (Phi) is 4.27. The van der Waals surface area contributed by atoms with Crippen molar-refractivity contribution in [2.45, 2.75) is 6.54 Å². The van der Waals surface area contributed by atoms with Gasteiger partial charge in [0.2, 0.25) is 5.91 Å². The van der Waals surface area contributed by atoms with Gasteiger partial charge in [-0.15, -0.1) is 11.3 Å². The largest absolute Gasteiger partial charge is 0.380 e. The second kappa shape index (κ2) is 5.73. The summed E-state index contributed by atoms with van der Waals surface area (Å²) < 4.78 is 1.08. The lowest BCUT2D eigenvalue weighted by Crippen LogP contribution is -2.11. The first-order valence-electron chi connectivity index (χ1n) is 5.12. The van der Waals surface area contributed by atoms with Gasteiger partial charge in [-0.05, 0) is 40.2 Å². The molecule has 1 amide bonds. The Balaban J connectivity index is 2.06. The van der Waals surface area contributed by atoms with Crippen molar-refractivity contribution in [3.63, 3.8) is 0 Å². The smallest absolute Gasteiger partial charge is 0.250 e. The number of nitrogens with two attached hydrogens (primary N) is 1. The van der Waals surface area contributed by atoms with Gasteiger partial charge in [-0.25, -0.2) is 0 Å². The maximum atomic E-state index is 11.0. The normalized spacial score (nSPS) is 10.3. The van der Waals surface area contributed by atoms with E-state index in [1.807, 2.05) is 5.38 Å². The summed E-state index contributed by atoms with van der Waals surface area (Å²) in [7, 11) is 0. The summed E-state index contributed by atoms with van der Waals surface area (Å²) in [6.07, 6.45) is 0. The van der Waals surface area contributed by atoms with Gasteiger partial charge in [-0.1, -0.05) is 11.6 Å². The van der Waals surface area contributed by atoms with E-state index in [1.165, 1.54) is 4.88 Å². The molecule has 3 nitrogen and oxygen atoms in total. The fourth-order valence-corrected chi connectivity index (χ4v) is 3.12. The molecule has 1 heterocycles. The van der Waals surface area contributed by atoms with Crippen molar-refractivity contribution in [3.05, 3.63) is 49.6 Å². The second-order valence-corrected chi connectivity index (χ2v) is 5.96. The number of carbonyl (C=O) groups is 1. The molecule has 0 aliphatic heterocycles. The van der Waals surface area contributed by atoms with Crippen LogP contribution in [0.2, 0.25) is 5.02 Å². The average Bonchev–Trinajstić information content (AvgIpc) is 2.72. The summed E-state index contributed by atoms with van der Waals surface area (Å²) in [5, 5.41) is 5.62. The van der Waals surface area contributed by atoms with Gasteiger partial charge < -0.3 is 11.1 Å². The first-order valence-corrected chi connectivity index (χ1v) is 7.17. The van der Waals surface area contributed by atoms with Crippen LogP contribution in [0.4, 0.5) is 5.69 Å². The molecule has 0 spiro atoms. The minimum Gasteiger partial charge on any atom is -0.380 e. The van der Waals surface area contributed by atoms with Gasteiger partial charge in [0.25, 0.3) is 0 Å². The maximum Gasteiger partial charge on any atom is 0.250 e. The van der Waals surface area contributed by atoms with Crippen LogP contribution in [0.25, 0.3) is 0 Å². The molecule has 0 bridgehead atoms. The highest BCUT2D eigenvalue weighted by Crippen LogP contribution is 2.23. The number of hydrogen-bond acceptors (Lipinski definition) is 3. The van der Waals surface area contributed by atoms with E-state index >= 15 is 0 Å². The van der Waals surface area contributed by atoms with Crippen LogP contribution in [0.15, 0.2) is 34.1 Å². The lowest BCUT2D eigenvalue weighted by Gasteiger charge is -2.07. The standard InChI is InChI=1S/C12H10BrClN2OS/c13-7-3-9(18-6-7)5-16-8-1-2-10(12(15)17)11(14)4-8/h1-4,6,16H,5H2,(H2,15,17). The van der Waals surface area contributed by atoms with E-state index in [0.717, 1.165) is 10.2 Å². The Labute approximate surface area is 122 Å². The van der Waals surface area contributed by atoms with Crippen LogP contribution in [-0.2, 0) is 6.54 Å². The zero-order chi connectivity index (χ0) is 13.1. The molecule has 0 fully saturated rings. The van der Waals surface area contributed by atoms with Crippen LogP contribution < -0.4 is 11.1 Å². The molecule has 1 aromatic heterocycles. The van der Waals surface area contributed by atoms with E-state index in [0.29, 0.717) is 17.1 Å². The van der Waals surface area contributed by atoms with E-state index in [1.54, 1.807) is 29.5 Å². The number of benzene rings is 1. The number of primary amides is 1. The number of hydrogen-bond donors (Lipinski definition) is 2. The maximum absolute atomic E-state index is 11.0. The molecule has 1 aromatic carbocycles. The van der Waals surface area contributed by atoms with Crippen molar-refractivity contribution in [1.82, 2.24) is 0 Å². The lowest BCUT2D eigenvalue weighted by atomic mass is 10.2. The third kappa shape index (κ3) is 3.25. The van der Waals surface area contributed by atoms with Crippen molar-refractivity contribution in [2.75, 3.05) is 5.32 Å². The van der Waals surface area contributed by atoms with Crippen molar-refractivity contribution >= 4 is 50.5 Å². The zero-order valence-corrected chi connectivity index (χ0v) is 12.4. The van der Waals surface area contributed by atoms with Gasteiger partial charge in [0.15, 0.2) is 0 Å². The van der Waals surface area contributed by atoms with Crippen molar-refractivity contribution in [1.29, 1.82) is 0 Å². The summed E-state index contributed by atoms with van der Waals surface area (Å²) in [6.45, 7) is 0.711. The quantitative estimate of drug-likeness (QED) is 0.883. The number of amides is 1. The molecule has 6 heteroatoms. The molecular formula is C12H10BrClN2OS. The number of rotatable bonds is 4. The molecule has 0 unspecified atom stereocenters. The Hall–Kier alpha value is -1.04. The van der Waals surface area contributed by atoms with Crippen LogP contribution >= 0.6 is 38.9 Å². The van der Waals surface area contributed by atoms with Gasteiger partial charge in [-0.3, -0.25) is 4.79 Å². The molecule has 0 aliphatic carbocycles. The Morgan fingerprint density at radius 3 is 2.78 bits per heavy atom. The number of anilines is 1. The van der Waals surface area contributed by atoms with Gasteiger partial charge in [0, 0.05) is 27.0 Å². The third-order valence-corrected chi connectivity index (χ3v) is 4.33. The molecule has 0 atom stereocenters. The monoisotopic (exact) mass is 344 g/mol. The number of carbonyl (C=O) groups excluding carboxylic acids is 1. The minimum absolute atomic E-state index is 0.334. The molecule has 0 saturated carbocycles. The van der Waals surface area contributed by atoms with Crippen LogP contribution in [0.3, 0.4) is 0 Å². The van der Waals surface area contributed by atoms with Crippen LogP contribution in [0.1, 0.15) is 15.2 Å². The number of nitrogens with one attached hydrogen (secondary N) is 1. The minimum atomic E-state index is -0.520. The van der Waals surface area contributed by atoms with Crippen molar-refractivity contribution < 1.29 is 4.79 Å². The Morgan fingerprint density at radius 2 is 2.22 bits per heavy atom. The topological polar surface area (TPSA) is 55.1 Å². The third-order valence-electron chi connectivity index (χ3n) is 2.32. The molecule has 3 N–H and O–H groups in total. The predicted molar refractivity (Wildman–Crippen MR) is 79.3 cm³/mol. The van der Waals surface area contributed by atoms with Gasteiger partial charge in [0.05, 0.1) is 10.6 Å². The molecule has 94 valence electrons. The van der Waals surface area contributed by atoms with E-state index in [-0.39, 0.29) is 0 Å². The fourth-order valence-electron chi connectivity index (χ4n) is 1.46. The van der Waals surface area contributed by atoms with Crippen molar-refractivity contribution in [2.24, 2.45) is 5.73 Å². The predicted octanol–water partition coefficient (Wildman–Crippen LogP) is 3.88. The number of thiophene rings is 1. The lowest BCUT2D eigenvalue weighted by molar-refractivity contribution is 0.100. The molecule has 0 aliphatic rings. The number of halogens is 2. The van der Waals surface area contributed by atoms with E-state index in [9.17, 15) is 4.79 Å². The first kappa shape index (κ1) is 13.4. The molecule has 2 aromatic rings. The highest BCUT2D eigenvalue weighted by molar-refractivity contribution is 9.10. The van der Waals surface area contributed by atoms with Crippen LogP contribution in [-0.4, -0.2) is 5.91 Å². The first-order chi connectivity index (χ1) is 8.56. The Morgan fingerprint density at radius 1 is 1.44 bits per heavy atom. The average molecular weight is 346 g/mol.